The lowest BCUT2D eigenvalue weighted by molar-refractivity contribution is -0.118. The van der Waals surface area contributed by atoms with Crippen LogP contribution in [0.1, 0.15) is 16.7 Å². The third-order valence-electron chi connectivity index (χ3n) is 2.40. The quantitative estimate of drug-likeness (QED) is 0.671. The molecule has 1 aromatic carbocycles. The normalized spacial score (nSPS) is 14.4. The van der Waals surface area contributed by atoms with E-state index in [1.54, 1.807) is 4.90 Å². The van der Waals surface area contributed by atoms with Crippen molar-refractivity contribution in [2.45, 2.75) is 19.6 Å². The Balaban J connectivity index is 2.30. The summed E-state index contributed by atoms with van der Waals surface area (Å²) in [6, 6.07) is 6.16. The molecule has 13 heavy (non-hydrogen) atoms. The Hall–Kier alpha value is -1.35. The van der Waals surface area contributed by atoms with E-state index in [0.717, 1.165) is 25.1 Å². The number of nitrogens with zero attached hydrogens (tertiary/aromatic N) is 1. The van der Waals surface area contributed by atoms with Gasteiger partial charge in [-0.05, 0) is 16.7 Å². The molecule has 68 valence electrons. The van der Waals surface area contributed by atoms with Crippen LogP contribution < -0.4 is 5.73 Å². The number of carbonyl (C=O) groups excluding carboxylic acids is 1. The van der Waals surface area contributed by atoms with Crippen molar-refractivity contribution in [2.75, 3.05) is 0 Å². The predicted molar refractivity (Wildman–Crippen MR) is 49.6 cm³/mol. The number of nitrogens with two attached hydrogens (primary N) is 1. The summed E-state index contributed by atoms with van der Waals surface area (Å²) in [5.41, 5.74) is 9.13. The molecule has 0 spiro atoms. The van der Waals surface area contributed by atoms with Gasteiger partial charge in [0.25, 0.3) is 0 Å². The molecule has 3 nitrogen and oxygen atoms in total. The highest BCUT2D eigenvalue weighted by Crippen LogP contribution is 2.22. The van der Waals surface area contributed by atoms with Crippen molar-refractivity contribution in [3.8, 4) is 0 Å². The molecule has 0 aliphatic carbocycles. The predicted octanol–water partition coefficient (Wildman–Crippen LogP) is 0.617. The number of hydrogen-bond donors (Lipinski definition) is 1. The highest BCUT2D eigenvalue weighted by molar-refractivity contribution is 5.51. The van der Waals surface area contributed by atoms with Crippen molar-refractivity contribution in [1.29, 1.82) is 0 Å². The van der Waals surface area contributed by atoms with E-state index in [9.17, 15) is 4.79 Å². The second-order valence-corrected chi connectivity index (χ2v) is 3.32. The van der Waals surface area contributed by atoms with E-state index >= 15 is 0 Å². The Labute approximate surface area is 77.1 Å². The van der Waals surface area contributed by atoms with Crippen LogP contribution in [0.5, 0.6) is 0 Å². The van der Waals surface area contributed by atoms with E-state index in [1.807, 2.05) is 6.07 Å². The molecule has 0 saturated heterocycles. The van der Waals surface area contributed by atoms with Crippen molar-refractivity contribution in [1.82, 2.24) is 4.90 Å². The molecular weight excluding hydrogens is 164 g/mol. The molecule has 1 heterocycles. The molecule has 0 saturated carbocycles. The number of hydrogen-bond acceptors (Lipinski definition) is 2. The van der Waals surface area contributed by atoms with Crippen LogP contribution in [0.2, 0.25) is 0 Å². The summed E-state index contributed by atoms with van der Waals surface area (Å²) >= 11 is 0. The molecule has 2 N–H and O–H groups in total. The zero-order valence-corrected chi connectivity index (χ0v) is 7.36. The second kappa shape index (κ2) is 3.18. The third kappa shape index (κ3) is 1.42. The summed E-state index contributed by atoms with van der Waals surface area (Å²) in [6.45, 7) is 2.03. The van der Waals surface area contributed by atoms with Crippen LogP contribution in [0.4, 0.5) is 0 Å². The third-order valence-corrected chi connectivity index (χ3v) is 2.40. The highest BCUT2D eigenvalue weighted by atomic mass is 16.1. The summed E-state index contributed by atoms with van der Waals surface area (Å²) < 4.78 is 0. The minimum absolute atomic E-state index is 0.564. The number of benzene rings is 1. The topological polar surface area (TPSA) is 46.3 Å². The fourth-order valence-corrected chi connectivity index (χ4v) is 1.68. The second-order valence-electron chi connectivity index (χ2n) is 3.32. The van der Waals surface area contributed by atoms with Crippen LogP contribution in [0.15, 0.2) is 18.2 Å². The Morgan fingerprint density at radius 2 is 2.15 bits per heavy atom. The van der Waals surface area contributed by atoms with Gasteiger partial charge in [-0.25, -0.2) is 0 Å². The Kier molecular flexibility index (Phi) is 2.02. The van der Waals surface area contributed by atoms with Gasteiger partial charge >= 0.3 is 0 Å². The zero-order valence-electron chi connectivity index (χ0n) is 7.36. The molecular formula is C10H12N2O. The first-order valence-corrected chi connectivity index (χ1v) is 4.33. The maximum atomic E-state index is 10.5. The van der Waals surface area contributed by atoms with E-state index in [-0.39, 0.29) is 0 Å². The van der Waals surface area contributed by atoms with Gasteiger partial charge in [-0.3, -0.25) is 4.79 Å². The van der Waals surface area contributed by atoms with Crippen molar-refractivity contribution in [3.05, 3.63) is 34.9 Å². The van der Waals surface area contributed by atoms with Crippen LogP contribution in [-0.2, 0) is 24.4 Å². The van der Waals surface area contributed by atoms with E-state index in [2.05, 4.69) is 12.1 Å². The molecule has 1 aliphatic heterocycles. The molecule has 0 unspecified atom stereocenters. The summed E-state index contributed by atoms with van der Waals surface area (Å²) in [7, 11) is 0. The number of amides is 1. The van der Waals surface area contributed by atoms with Gasteiger partial charge in [0.05, 0.1) is 0 Å². The van der Waals surface area contributed by atoms with Crippen LogP contribution in [-0.4, -0.2) is 11.3 Å². The SMILES string of the molecule is NCc1ccc2c(c1)CN(C=O)C2. The van der Waals surface area contributed by atoms with Gasteiger partial charge in [0.15, 0.2) is 0 Å². The molecule has 3 heteroatoms. The average molecular weight is 176 g/mol. The standard InChI is InChI=1S/C10H12N2O/c11-4-8-1-2-9-5-12(7-13)6-10(9)3-8/h1-3,7H,4-6,11H2. The van der Waals surface area contributed by atoms with Gasteiger partial charge in [-0.2, -0.15) is 0 Å². The van der Waals surface area contributed by atoms with Crippen molar-refractivity contribution in [3.63, 3.8) is 0 Å². The zero-order chi connectivity index (χ0) is 9.26. The summed E-state index contributed by atoms with van der Waals surface area (Å²) in [6.07, 6.45) is 0.891. The first-order valence-electron chi connectivity index (χ1n) is 4.33. The van der Waals surface area contributed by atoms with E-state index in [4.69, 9.17) is 5.73 Å². The fourth-order valence-electron chi connectivity index (χ4n) is 1.68. The van der Waals surface area contributed by atoms with Crippen LogP contribution in [0.25, 0.3) is 0 Å². The molecule has 0 radical (unpaired) electrons. The van der Waals surface area contributed by atoms with Gasteiger partial charge in [-0.15, -0.1) is 0 Å². The lowest BCUT2D eigenvalue weighted by Gasteiger charge is -2.04. The van der Waals surface area contributed by atoms with Crippen molar-refractivity contribution >= 4 is 6.41 Å². The maximum absolute atomic E-state index is 10.5. The molecule has 1 aromatic rings. The molecule has 0 fully saturated rings. The van der Waals surface area contributed by atoms with E-state index in [0.29, 0.717) is 6.54 Å². The van der Waals surface area contributed by atoms with Gasteiger partial charge in [-0.1, -0.05) is 18.2 Å². The maximum Gasteiger partial charge on any atom is 0.210 e. The minimum Gasteiger partial charge on any atom is -0.337 e. The fraction of sp³-hybridized carbons (Fsp3) is 0.300. The monoisotopic (exact) mass is 176 g/mol. The number of rotatable bonds is 2. The number of fused-ring (bicyclic) bond motifs is 1. The lowest BCUT2D eigenvalue weighted by atomic mass is 10.1. The van der Waals surface area contributed by atoms with E-state index in [1.165, 1.54) is 11.1 Å². The summed E-state index contributed by atoms with van der Waals surface area (Å²) in [5.74, 6) is 0. The Bertz CT molecular complexity index is 336. The van der Waals surface area contributed by atoms with Gasteiger partial charge in [0, 0.05) is 19.6 Å². The molecule has 0 atom stereocenters. The van der Waals surface area contributed by atoms with Crippen molar-refractivity contribution < 1.29 is 4.79 Å². The highest BCUT2D eigenvalue weighted by Gasteiger charge is 2.16. The minimum atomic E-state index is 0.564. The first kappa shape index (κ1) is 8.26. The molecule has 1 aliphatic rings. The largest absolute Gasteiger partial charge is 0.337 e. The Morgan fingerprint density at radius 1 is 1.38 bits per heavy atom. The molecule has 0 bridgehead atoms. The summed E-state index contributed by atoms with van der Waals surface area (Å²) in [4.78, 5) is 12.3. The molecule has 1 amide bonds. The van der Waals surface area contributed by atoms with Gasteiger partial charge in [0.1, 0.15) is 0 Å². The first-order chi connectivity index (χ1) is 6.33. The van der Waals surface area contributed by atoms with Gasteiger partial charge < -0.3 is 10.6 Å². The van der Waals surface area contributed by atoms with Crippen LogP contribution >= 0.6 is 0 Å². The molecule has 2 rings (SSSR count). The van der Waals surface area contributed by atoms with Gasteiger partial charge in [0.2, 0.25) is 6.41 Å². The lowest BCUT2D eigenvalue weighted by Crippen LogP contribution is -2.12. The van der Waals surface area contributed by atoms with E-state index < -0.39 is 0 Å². The average Bonchev–Trinajstić information content (AvgIpc) is 2.58. The molecule has 0 aromatic heterocycles. The Morgan fingerprint density at radius 3 is 2.85 bits per heavy atom. The van der Waals surface area contributed by atoms with Crippen molar-refractivity contribution in [2.24, 2.45) is 5.73 Å². The smallest absolute Gasteiger partial charge is 0.210 e. The summed E-state index contributed by atoms with van der Waals surface area (Å²) in [5, 5.41) is 0. The van der Waals surface area contributed by atoms with Crippen LogP contribution in [0.3, 0.4) is 0 Å². The number of carbonyl (C=O) groups is 1. The van der Waals surface area contributed by atoms with Crippen LogP contribution in [0, 0.1) is 0 Å².